The predicted molar refractivity (Wildman–Crippen MR) is 67.8 cm³/mol. The molecule has 8 nitrogen and oxygen atoms in total. The van der Waals surface area contributed by atoms with Crippen LogP contribution in [-0.2, 0) is 0 Å². The lowest BCUT2D eigenvalue weighted by atomic mass is 9.93. The van der Waals surface area contributed by atoms with Crippen LogP contribution >= 0.6 is 0 Å². The first-order valence-corrected chi connectivity index (χ1v) is 5.94. The van der Waals surface area contributed by atoms with Crippen LogP contribution in [0.4, 0.5) is 0 Å². The highest BCUT2D eigenvalue weighted by Gasteiger charge is 2.26. The van der Waals surface area contributed by atoms with Crippen molar-refractivity contribution in [3.63, 3.8) is 0 Å². The molecule has 0 aromatic rings. The van der Waals surface area contributed by atoms with Crippen molar-refractivity contribution in [3.05, 3.63) is 0 Å². The molecule has 0 unspecified atom stereocenters. The molecule has 0 spiro atoms. The molecule has 0 saturated heterocycles. The van der Waals surface area contributed by atoms with E-state index in [0.29, 0.717) is 12.8 Å². The van der Waals surface area contributed by atoms with E-state index in [2.05, 4.69) is 0 Å². The normalized spacial score (nSPS) is 10.7. The summed E-state index contributed by atoms with van der Waals surface area (Å²) in [6, 6.07) is 0. The molecule has 0 atom stereocenters. The first-order valence-electron chi connectivity index (χ1n) is 5.94. The van der Waals surface area contributed by atoms with Crippen molar-refractivity contribution >= 4 is 0 Å². The van der Waals surface area contributed by atoms with E-state index in [1.54, 1.807) is 13.8 Å². The Bertz CT molecular complexity index is 133. The molecule has 0 rings (SSSR count). The number of hydrogen-bond donors (Lipinski definition) is 8. The van der Waals surface area contributed by atoms with Crippen LogP contribution in [0.3, 0.4) is 0 Å². The molecule has 0 saturated carbocycles. The molecule has 19 heavy (non-hydrogen) atoms. The minimum atomic E-state index is -1.12. The zero-order chi connectivity index (χ0) is 15.9. The molecule has 8 N–H and O–H groups in total. The molecule has 8 heteroatoms. The summed E-state index contributed by atoms with van der Waals surface area (Å²) in [5, 5.41) is 65.7. The summed E-state index contributed by atoms with van der Waals surface area (Å²) in [4.78, 5) is 0. The molecule has 0 heterocycles. The SMILES string of the molecule is CCC(O)O.CCC(O)O.OCC(CO)(CO)CO. The average molecular weight is 288 g/mol. The van der Waals surface area contributed by atoms with Crippen LogP contribution in [0.5, 0.6) is 0 Å². The summed E-state index contributed by atoms with van der Waals surface area (Å²) < 4.78 is 0. The Labute approximate surface area is 113 Å². The minimum absolute atomic E-state index is 0.406. The third-order valence-corrected chi connectivity index (χ3v) is 2.07. The van der Waals surface area contributed by atoms with Gasteiger partial charge in [-0.15, -0.1) is 0 Å². The molecule has 0 fully saturated rings. The van der Waals surface area contributed by atoms with Gasteiger partial charge >= 0.3 is 0 Å². The van der Waals surface area contributed by atoms with Gasteiger partial charge in [-0.05, 0) is 12.8 Å². The highest BCUT2D eigenvalue weighted by molar-refractivity contribution is 4.74. The second-order valence-electron chi connectivity index (χ2n) is 3.91. The molecule has 0 aliphatic heterocycles. The fourth-order valence-corrected chi connectivity index (χ4v) is 0.300. The summed E-state index contributed by atoms with van der Waals surface area (Å²) in [5.74, 6) is 0. The maximum Gasteiger partial charge on any atom is 0.151 e. The Morgan fingerprint density at radius 3 is 0.789 bits per heavy atom. The molecule has 0 bridgehead atoms. The summed E-state index contributed by atoms with van der Waals surface area (Å²) in [5.41, 5.74) is -1.11. The number of hydrogen-bond acceptors (Lipinski definition) is 8. The zero-order valence-electron chi connectivity index (χ0n) is 11.5. The summed E-state index contributed by atoms with van der Waals surface area (Å²) in [7, 11) is 0. The van der Waals surface area contributed by atoms with Crippen molar-refractivity contribution in [1.82, 2.24) is 0 Å². The van der Waals surface area contributed by atoms with Crippen molar-refractivity contribution < 1.29 is 40.9 Å². The largest absolute Gasteiger partial charge is 0.396 e. The summed E-state index contributed by atoms with van der Waals surface area (Å²) in [6.45, 7) is 1.77. The molecule has 0 radical (unpaired) electrons. The van der Waals surface area contributed by atoms with Crippen LogP contribution in [0.2, 0.25) is 0 Å². The van der Waals surface area contributed by atoms with Crippen LogP contribution in [-0.4, -0.2) is 79.9 Å². The van der Waals surface area contributed by atoms with Gasteiger partial charge in [-0.3, -0.25) is 0 Å². The monoisotopic (exact) mass is 288 g/mol. The Hall–Kier alpha value is -0.320. The summed E-state index contributed by atoms with van der Waals surface area (Å²) in [6.07, 6.45) is -1.40. The zero-order valence-corrected chi connectivity index (χ0v) is 11.5. The highest BCUT2D eigenvalue weighted by atomic mass is 16.5. The van der Waals surface area contributed by atoms with Gasteiger partial charge in [0, 0.05) is 0 Å². The van der Waals surface area contributed by atoms with E-state index in [0.717, 1.165) is 0 Å². The maximum absolute atomic E-state index is 8.50. The minimum Gasteiger partial charge on any atom is -0.396 e. The van der Waals surface area contributed by atoms with E-state index < -0.39 is 44.4 Å². The Balaban J connectivity index is -0.000000219. The van der Waals surface area contributed by atoms with Gasteiger partial charge in [-0.2, -0.15) is 0 Å². The first kappa shape index (κ1) is 23.7. The fourth-order valence-electron chi connectivity index (χ4n) is 0.300. The Morgan fingerprint density at radius 1 is 0.632 bits per heavy atom. The topological polar surface area (TPSA) is 162 Å². The molecule has 0 aromatic carbocycles. The van der Waals surface area contributed by atoms with Crippen LogP contribution in [0.25, 0.3) is 0 Å². The summed E-state index contributed by atoms with van der Waals surface area (Å²) >= 11 is 0. The second-order valence-corrected chi connectivity index (χ2v) is 3.91. The van der Waals surface area contributed by atoms with Crippen molar-refractivity contribution in [2.75, 3.05) is 26.4 Å². The second kappa shape index (κ2) is 15.7. The van der Waals surface area contributed by atoms with Gasteiger partial charge in [0.15, 0.2) is 12.6 Å². The third kappa shape index (κ3) is 17.7. The van der Waals surface area contributed by atoms with Gasteiger partial charge in [0.05, 0.1) is 31.8 Å². The maximum atomic E-state index is 8.50. The number of aliphatic hydroxyl groups is 8. The van der Waals surface area contributed by atoms with Gasteiger partial charge in [0.2, 0.25) is 0 Å². The molecular formula is C11H28O8. The Kier molecular flexibility index (Phi) is 19.7. The van der Waals surface area contributed by atoms with E-state index in [-0.39, 0.29) is 0 Å². The van der Waals surface area contributed by atoms with E-state index in [4.69, 9.17) is 40.9 Å². The van der Waals surface area contributed by atoms with E-state index in [1.807, 2.05) is 0 Å². The van der Waals surface area contributed by atoms with Crippen molar-refractivity contribution in [1.29, 1.82) is 0 Å². The lowest BCUT2D eigenvalue weighted by molar-refractivity contribution is -0.0420. The fraction of sp³-hybridized carbons (Fsp3) is 1.00. The van der Waals surface area contributed by atoms with Crippen LogP contribution < -0.4 is 0 Å². The quantitative estimate of drug-likeness (QED) is 0.246. The molecule has 0 aromatic heterocycles. The van der Waals surface area contributed by atoms with Crippen LogP contribution in [0.15, 0.2) is 0 Å². The van der Waals surface area contributed by atoms with Gasteiger partial charge in [0.1, 0.15) is 0 Å². The van der Waals surface area contributed by atoms with Gasteiger partial charge in [-0.1, -0.05) is 13.8 Å². The Morgan fingerprint density at radius 2 is 0.789 bits per heavy atom. The van der Waals surface area contributed by atoms with Gasteiger partial charge < -0.3 is 40.9 Å². The average Bonchev–Trinajstić information content (AvgIpc) is 2.43. The van der Waals surface area contributed by atoms with Crippen molar-refractivity contribution in [2.45, 2.75) is 39.3 Å². The molecule has 0 amide bonds. The van der Waals surface area contributed by atoms with E-state index in [1.165, 1.54) is 0 Å². The predicted octanol–water partition coefficient (Wildman–Crippen LogP) is -2.64. The van der Waals surface area contributed by atoms with Crippen LogP contribution in [0.1, 0.15) is 26.7 Å². The first-order chi connectivity index (χ1) is 8.78. The molecular weight excluding hydrogens is 260 g/mol. The smallest absolute Gasteiger partial charge is 0.151 e. The molecule has 0 aliphatic carbocycles. The number of aliphatic hydroxyl groups excluding tert-OH is 6. The molecule has 120 valence electrons. The standard InChI is InChI=1S/C5H12O4.2C3H8O2/c6-1-5(2-7,3-8)4-9;2*1-2-3(4)5/h6-9H,1-4H2;2*3-5H,2H2,1H3. The van der Waals surface area contributed by atoms with Gasteiger partial charge in [-0.25, -0.2) is 0 Å². The lowest BCUT2D eigenvalue weighted by Crippen LogP contribution is -2.37. The van der Waals surface area contributed by atoms with Crippen molar-refractivity contribution in [2.24, 2.45) is 5.41 Å². The highest BCUT2D eigenvalue weighted by Crippen LogP contribution is 2.11. The third-order valence-electron chi connectivity index (χ3n) is 2.07. The van der Waals surface area contributed by atoms with E-state index in [9.17, 15) is 0 Å². The molecule has 0 aliphatic rings. The van der Waals surface area contributed by atoms with Crippen LogP contribution in [0, 0.1) is 5.41 Å². The van der Waals surface area contributed by atoms with E-state index >= 15 is 0 Å². The number of rotatable bonds is 6. The lowest BCUT2D eigenvalue weighted by Gasteiger charge is -2.23. The van der Waals surface area contributed by atoms with Crippen molar-refractivity contribution in [3.8, 4) is 0 Å². The van der Waals surface area contributed by atoms with Gasteiger partial charge in [0.25, 0.3) is 0 Å².